The van der Waals surface area contributed by atoms with Crippen molar-refractivity contribution < 1.29 is 9.53 Å². The Morgan fingerprint density at radius 3 is 2.82 bits per heavy atom. The Bertz CT molecular complexity index is 814. The number of nitrogens with zero attached hydrogens (tertiary/aromatic N) is 6. The molecule has 8 heteroatoms. The molecule has 0 saturated carbocycles. The van der Waals surface area contributed by atoms with E-state index >= 15 is 0 Å². The number of carbonyl (C=O) groups is 1. The van der Waals surface area contributed by atoms with Crippen LogP contribution in [0.5, 0.6) is 0 Å². The molecule has 2 fully saturated rings. The fourth-order valence-electron chi connectivity index (χ4n) is 4.14. The first kappa shape index (κ1) is 19.3. The molecule has 2 aliphatic rings. The normalized spacial score (nSPS) is 22.0. The molecule has 0 unspecified atom stereocenters. The Balaban J connectivity index is 1.52. The Morgan fingerprint density at radius 1 is 1.21 bits per heavy atom. The lowest BCUT2D eigenvalue weighted by Crippen LogP contribution is -2.44. The summed E-state index contributed by atoms with van der Waals surface area (Å²) in [5.41, 5.74) is 1.39. The molecule has 2 aromatic rings. The summed E-state index contributed by atoms with van der Waals surface area (Å²) in [5, 5.41) is 4.24. The minimum atomic E-state index is -0.0402. The number of likely N-dealkylation sites (tertiary alicyclic amines) is 1. The minimum absolute atomic E-state index is 0.0402. The van der Waals surface area contributed by atoms with Crippen LogP contribution >= 0.6 is 0 Å². The molecule has 0 spiro atoms. The smallest absolute Gasteiger partial charge is 0.272 e. The Kier molecular flexibility index (Phi) is 5.87. The second kappa shape index (κ2) is 8.53. The van der Waals surface area contributed by atoms with Gasteiger partial charge in [0.25, 0.3) is 11.7 Å². The van der Waals surface area contributed by atoms with Crippen molar-refractivity contribution in [3.8, 4) is 0 Å². The number of hydrogen-bond donors (Lipinski definition) is 0. The predicted octanol–water partition coefficient (Wildman–Crippen LogP) is 1.96. The van der Waals surface area contributed by atoms with Gasteiger partial charge in [0.15, 0.2) is 0 Å². The standard InChI is InChI=1S/C20H30N6O2/c1-15(2)18-11-17(23-20-21-14-22-26(18)20)19(27)25-9-6-10-28-16(13-25)12-24-7-4-3-5-8-24/h11,14-16H,3-10,12-13H2,1-2H3/t16-/m0/s1. The molecule has 152 valence electrons. The molecule has 1 atom stereocenters. The van der Waals surface area contributed by atoms with Crippen molar-refractivity contribution in [2.75, 3.05) is 39.3 Å². The van der Waals surface area contributed by atoms with E-state index in [9.17, 15) is 4.79 Å². The van der Waals surface area contributed by atoms with Crippen LogP contribution in [-0.4, -0.2) is 80.7 Å². The molecule has 0 aliphatic carbocycles. The summed E-state index contributed by atoms with van der Waals surface area (Å²) in [6.45, 7) is 9.36. The fraction of sp³-hybridized carbons (Fsp3) is 0.700. The van der Waals surface area contributed by atoms with Gasteiger partial charge >= 0.3 is 0 Å². The Labute approximate surface area is 165 Å². The van der Waals surface area contributed by atoms with Crippen LogP contribution in [0.2, 0.25) is 0 Å². The van der Waals surface area contributed by atoms with Crippen molar-refractivity contribution in [3.05, 3.63) is 23.8 Å². The molecule has 1 amide bonds. The van der Waals surface area contributed by atoms with E-state index in [0.717, 1.165) is 31.7 Å². The van der Waals surface area contributed by atoms with E-state index < -0.39 is 0 Å². The molecule has 2 aromatic heterocycles. The maximum atomic E-state index is 13.3. The molecule has 2 aliphatic heterocycles. The first-order chi connectivity index (χ1) is 13.6. The van der Waals surface area contributed by atoms with Gasteiger partial charge in [0.1, 0.15) is 12.0 Å². The highest BCUT2D eigenvalue weighted by Crippen LogP contribution is 2.18. The lowest BCUT2D eigenvalue weighted by molar-refractivity contribution is 0.0215. The lowest BCUT2D eigenvalue weighted by atomic mass is 10.1. The number of rotatable bonds is 4. The molecular formula is C20H30N6O2. The molecular weight excluding hydrogens is 356 g/mol. The monoisotopic (exact) mass is 386 g/mol. The van der Waals surface area contributed by atoms with Gasteiger partial charge in [-0.1, -0.05) is 20.3 Å². The number of amides is 1. The van der Waals surface area contributed by atoms with Crippen molar-refractivity contribution >= 4 is 11.7 Å². The third-order valence-corrected chi connectivity index (χ3v) is 5.64. The van der Waals surface area contributed by atoms with Crippen LogP contribution in [0.4, 0.5) is 0 Å². The second-order valence-corrected chi connectivity index (χ2v) is 8.15. The van der Waals surface area contributed by atoms with Crippen molar-refractivity contribution in [1.82, 2.24) is 29.4 Å². The second-order valence-electron chi connectivity index (χ2n) is 8.15. The maximum absolute atomic E-state index is 13.3. The topological polar surface area (TPSA) is 75.9 Å². The fourth-order valence-corrected chi connectivity index (χ4v) is 4.14. The quantitative estimate of drug-likeness (QED) is 0.800. The van der Waals surface area contributed by atoms with Crippen molar-refractivity contribution in [1.29, 1.82) is 0 Å². The SMILES string of the molecule is CC(C)c1cc(C(=O)N2CCCO[C@@H](CN3CCCCC3)C2)nc2ncnn12. The van der Waals surface area contributed by atoms with Gasteiger partial charge in [-0.15, -0.1) is 0 Å². The van der Waals surface area contributed by atoms with E-state index in [0.29, 0.717) is 31.2 Å². The van der Waals surface area contributed by atoms with E-state index in [1.165, 1.54) is 25.6 Å². The molecule has 2 saturated heterocycles. The molecule has 0 aromatic carbocycles. The van der Waals surface area contributed by atoms with Gasteiger partial charge in [0, 0.05) is 26.2 Å². The van der Waals surface area contributed by atoms with Crippen molar-refractivity contribution in [3.63, 3.8) is 0 Å². The van der Waals surface area contributed by atoms with E-state index in [-0.39, 0.29) is 17.9 Å². The number of aromatic nitrogens is 4. The minimum Gasteiger partial charge on any atom is -0.375 e. The molecule has 8 nitrogen and oxygen atoms in total. The molecule has 28 heavy (non-hydrogen) atoms. The van der Waals surface area contributed by atoms with Gasteiger partial charge in [-0.05, 0) is 44.3 Å². The van der Waals surface area contributed by atoms with Gasteiger partial charge in [0.2, 0.25) is 0 Å². The molecule has 4 heterocycles. The zero-order valence-corrected chi connectivity index (χ0v) is 16.9. The average molecular weight is 387 g/mol. The van der Waals surface area contributed by atoms with Crippen LogP contribution < -0.4 is 0 Å². The van der Waals surface area contributed by atoms with Gasteiger partial charge in [-0.3, -0.25) is 4.79 Å². The van der Waals surface area contributed by atoms with Crippen molar-refractivity contribution in [2.24, 2.45) is 0 Å². The lowest BCUT2D eigenvalue weighted by Gasteiger charge is -2.31. The summed E-state index contributed by atoms with van der Waals surface area (Å²) in [4.78, 5) is 26.3. The largest absolute Gasteiger partial charge is 0.375 e. The van der Waals surface area contributed by atoms with Crippen LogP contribution in [-0.2, 0) is 4.74 Å². The summed E-state index contributed by atoms with van der Waals surface area (Å²) >= 11 is 0. The first-order valence-corrected chi connectivity index (χ1v) is 10.5. The maximum Gasteiger partial charge on any atom is 0.272 e. The van der Waals surface area contributed by atoms with Gasteiger partial charge < -0.3 is 14.5 Å². The number of fused-ring (bicyclic) bond motifs is 1. The van der Waals surface area contributed by atoms with E-state index in [1.807, 2.05) is 11.0 Å². The third-order valence-electron chi connectivity index (χ3n) is 5.64. The van der Waals surface area contributed by atoms with Gasteiger partial charge in [-0.2, -0.15) is 10.1 Å². The number of ether oxygens (including phenoxy) is 1. The average Bonchev–Trinajstić information content (AvgIpc) is 3.06. The summed E-state index contributed by atoms with van der Waals surface area (Å²) < 4.78 is 7.77. The Morgan fingerprint density at radius 2 is 2.04 bits per heavy atom. The van der Waals surface area contributed by atoms with Crippen LogP contribution in [0.3, 0.4) is 0 Å². The summed E-state index contributed by atoms with van der Waals surface area (Å²) in [7, 11) is 0. The van der Waals surface area contributed by atoms with Gasteiger partial charge in [0.05, 0.1) is 11.8 Å². The first-order valence-electron chi connectivity index (χ1n) is 10.5. The zero-order valence-electron chi connectivity index (χ0n) is 16.9. The Hall–Kier alpha value is -2.06. The van der Waals surface area contributed by atoms with Crippen molar-refractivity contribution in [2.45, 2.75) is 51.6 Å². The zero-order chi connectivity index (χ0) is 19.5. The molecule has 0 N–H and O–H groups in total. The van der Waals surface area contributed by atoms with Crippen LogP contribution in [0.25, 0.3) is 5.78 Å². The third kappa shape index (κ3) is 4.17. The molecule has 0 radical (unpaired) electrons. The number of piperidine rings is 1. The highest BCUT2D eigenvalue weighted by Gasteiger charge is 2.27. The van der Waals surface area contributed by atoms with Crippen LogP contribution in [0.15, 0.2) is 12.4 Å². The van der Waals surface area contributed by atoms with Crippen LogP contribution in [0, 0.1) is 0 Å². The van der Waals surface area contributed by atoms with E-state index in [1.54, 1.807) is 4.52 Å². The van der Waals surface area contributed by atoms with Crippen LogP contribution in [0.1, 0.15) is 61.6 Å². The number of hydrogen-bond acceptors (Lipinski definition) is 6. The van der Waals surface area contributed by atoms with Gasteiger partial charge in [-0.25, -0.2) is 9.50 Å². The summed E-state index contributed by atoms with van der Waals surface area (Å²) in [5.74, 6) is 0.657. The summed E-state index contributed by atoms with van der Waals surface area (Å²) in [6, 6.07) is 1.86. The highest BCUT2D eigenvalue weighted by atomic mass is 16.5. The highest BCUT2D eigenvalue weighted by molar-refractivity contribution is 5.92. The molecule has 4 rings (SSSR count). The predicted molar refractivity (Wildman–Crippen MR) is 105 cm³/mol. The number of carbonyl (C=O) groups excluding carboxylic acids is 1. The van der Waals surface area contributed by atoms with E-state index in [4.69, 9.17) is 4.74 Å². The summed E-state index contributed by atoms with van der Waals surface area (Å²) in [6.07, 6.45) is 6.24. The molecule has 0 bridgehead atoms. The van der Waals surface area contributed by atoms with E-state index in [2.05, 4.69) is 33.8 Å².